The van der Waals surface area contributed by atoms with Gasteiger partial charge in [0.15, 0.2) is 0 Å². The molecule has 0 N–H and O–H groups in total. The Kier molecular flexibility index (Phi) is 2.79. The van der Waals surface area contributed by atoms with Crippen LogP contribution in [0.2, 0.25) is 0 Å². The first-order valence-corrected chi connectivity index (χ1v) is 7.15. The maximum atomic E-state index is 13.7. The Balaban J connectivity index is 2.01. The van der Waals surface area contributed by atoms with Crippen LogP contribution in [-0.4, -0.2) is 18.3 Å². The number of hydrogen-bond donors (Lipinski definition) is 0. The summed E-state index contributed by atoms with van der Waals surface area (Å²) < 4.78 is 27.5. The van der Waals surface area contributed by atoms with Crippen LogP contribution < -0.4 is 4.78 Å². The standard InChI is InChI=1S/C14H16BFO2S/c1-13(2)14(3,4)18-15(17-13)12-8-9-10(16)6-5-7-11(9)19-12/h5-8H,1-4H3. The van der Waals surface area contributed by atoms with E-state index >= 15 is 0 Å². The smallest absolute Gasteiger partial charge is 0.399 e. The van der Waals surface area contributed by atoms with Gasteiger partial charge < -0.3 is 9.31 Å². The molecule has 100 valence electrons. The summed E-state index contributed by atoms with van der Waals surface area (Å²) in [5.74, 6) is -0.198. The second kappa shape index (κ2) is 4.04. The fourth-order valence-electron chi connectivity index (χ4n) is 2.12. The molecule has 1 fully saturated rings. The molecule has 1 aromatic carbocycles. The van der Waals surface area contributed by atoms with E-state index in [1.54, 1.807) is 6.07 Å². The monoisotopic (exact) mass is 278 g/mol. The van der Waals surface area contributed by atoms with Crippen molar-refractivity contribution in [2.75, 3.05) is 0 Å². The van der Waals surface area contributed by atoms with Crippen molar-refractivity contribution in [1.82, 2.24) is 0 Å². The molecule has 0 spiro atoms. The summed E-state index contributed by atoms with van der Waals surface area (Å²) in [6, 6.07) is 6.94. The van der Waals surface area contributed by atoms with E-state index in [2.05, 4.69) is 0 Å². The highest BCUT2D eigenvalue weighted by molar-refractivity contribution is 7.28. The van der Waals surface area contributed by atoms with E-state index in [1.807, 2.05) is 39.8 Å². The molecule has 0 unspecified atom stereocenters. The van der Waals surface area contributed by atoms with Gasteiger partial charge in [0.25, 0.3) is 0 Å². The second-order valence-corrected chi connectivity index (χ2v) is 7.00. The molecule has 1 saturated heterocycles. The van der Waals surface area contributed by atoms with Crippen molar-refractivity contribution < 1.29 is 13.7 Å². The molecule has 5 heteroatoms. The molecule has 0 saturated carbocycles. The largest absolute Gasteiger partial charge is 0.505 e. The van der Waals surface area contributed by atoms with Crippen LogP contribution in [0.4, 0.5) is 4.39 Å². The Morgan fingerprint density at radius 2 is 1.74 bits per heavy atom. The van der Waals surface area contributed by atoms with Gasteiger partial charge in [0, 0.05) is 14.9 Å². The van der Waals surface area contributed by atoms with Gasteiger partial charge in [-0.25, -0.2) is 4.39 Å². The summed E-state index contributed by atoms with van der Waals surface area (Å²) in [4.78, 5) is 0. The fourth-order valence-corrected chi connectivity index (χ4v) is 3.16. The minimum atomic E-state index is -0.415. The quantitative estimate of drug-likeness (QED) is 0.745. The number of halogens is 1. The van der Waals surface area contributed by atoms with Gasteiger partial charge in [-0.1, -0.05) is 6.07 Å². The van der Waals surface area contributed by atoms with Crippen LogP contribution in [0.25, 0.3) is 10.1 Å². The van der Waals surface area contributed by atoms with Crippen LogP contribution in [0, 0.1) is 5.82 Å². The van der Waals surface area contributed by atoms with Gasteiger partial charge in [0.1, 0.15) is 5.82 Å². The first-order chi connectivity index (χ1) is 8.80. The van der Waals surface area contributed by atoms with Crippen molar-refractivity contribution in [1.29, 1.82) is 0 Å². The van der Waals surface area contributed by atoms with Gasteiger partial charge in [-0.15, -0.1) is 11.3 Å². The van der Waals surface area contributed by atoms with E-state index in [1.165, 1.54) is 17.4 Å². The number of benzene rings is 1. The highest BCUT2D eigenvalue weighted by Crippen LogP contribution is 2.37. The maximum absolute atomic E-state index is 13.7. The van der Waals surface area contributed by atoms with Crippen molar-refractivity contribution in [2.24, 2.45) is 0 Å². The fraction of sp³-hybridized carbons (Fsp3) is 0.429. The molecule has 0 amide bonds. The van der Waals surface area contributed by atoms with Crippen LogP contribution >= 0.6 is 11.3 Å². The molecule has 1 aliphatic rings. The molecule has 0 aliphatic carbocycles. The van der Waals surface area contributed by atoms with Gasteiger partial charge in [-0.05, 0) is 45.9 Å². The molecule has 0 bridgehead atoms. The Morgan fingerprint density at radius 1 is 1.11 bits per heavy atom. The van der Waals surface area contributed by atoms with E-state index in [9.17, 15) is 4.39 Å². The minimum Gasteiger partial charge on any atom is -0.399 e. The Hall–Kier alpha value is -0.905. The summed E-state index contributed by atoms with van der Waals surface area (Å²) in [5.41, 5.74) is -0.737. The van der Waals surface area contributed by atoms with Gasteiger partial charge >= 0.3 is 7.12 Å². The zero-order chi connectivity index (χ0) is 13.8. The molecule has 2 heterocycles. The molecular weight excluding hydrogens is 262 g/mol. The van der Waals surface area contributed by atoms with Crippen molar-refractivity contribution in [3.63, 3.8) is 0 Å². The summed E-state index contributed by atoms with van der Waals surface area (Å²) in [7, 11) is -0.415. The van der Waals surface area contributed by atoms with Crippen LogP contribution in [0.15, 0.2) is 24.3 Å². The topological polar surface area (TPSA) is 18.5 Å². The number of fused-ring (bicyclic) bond motifs is 1. The normalized spacial score (nSPS) is 21.2. The SMILES string of the molecule is CC1(C)OB(c2cc3c(F)cccc3s2)OC1(C)C. The zero-order valence-corrected chi connectivity index (χ0v) is 12.3. The van der Waals surface area contributed by atoms with Gasteiger partial charge in [-0.2, -0.15) is 0 Å². The molecule has 19 heavy (non-hydrogen) atoms. The van der Waals surface area contributed by atoms with Gasteiger partial charge in [-0.3, -0.25) is 0 Å². The maximum Gasteiger partial charge on any atom is 0.505 e. The highest BCUT2D eigenvalue weighted by Gasteiger charge is 2.52. The molecule has 2 aromatic rings. The molecule has 1 aliphatic heterocycles. The Bertz CT molecular complexity index is 619. The average Bonchev–Trinajstić information content (AvgIpc) is 2.80. The molecule has 3 rings (SSSR count). The summed E-state index contributed by atoms with van der Waals surface area (Å²) in [6.07, 6.45) is 0. The lowest BCUT2D eigenvalue weighted by atomic mass is 9.87. The van der Waals surface area contributed by atoms with E-state index in [-0.39, 0.29) is 17.0 Å². The zero-order valence-electron chi connectivity index (χ0n) is 11.5. The van der Waals surface area contributed by atoms with Crippen molar-refractivity contribution >= 4 is 33.3 Å². The van der Waals surface area contributed by atoms with Crippen LogP contribution in [0.1, 0.15) is 27.7 Å². The van der Waals surface area contributed by atoms with E-state index in [4.69, 9.17) is 9.31 Å². The molecule has 0 radical (unpaired) electrons. The number of hydrogen-bond acceptors (Lipinski definition) is 3. The van der Waals surface area contributed by atoms with E-state index in [0.29, 0.717) is 5.39 Å². The summed E-state index contributed by atoms with van der Waals surface area (Å²) >= 11 is 1.52. The van der Waals surface area contributed by atoms with Crippen LogP contribution in [0.5, 0.6) is 0 Å². The first kappa shape index (κ1) is 13.1. The molecular formula is C14H16BFO2S. The first-order valence-electron chi connectivity index (χ1n) is 6.34. The van der Waals surface area contributed by atoms with Gasteiger partial charge in [0.2, 0.25) is 0 Å². The van der Waals surface area contributed by atoms with Crippen LogP contribution in [-0.2, 0) is 9.31 Å². The average molecular weight is 278 g/mol. The van der Waals surface area contributed by atoms with Gasteiger partial charge in [0.05, 0.1) is 11.2 Å². The molecule has 0 atom stereocenters. The van der Waals surface area contributed by atoms with E-state index in [0.717, 1.165) is 9.48 Å². The summed E-state index contributed by atoms with van der Waals surface area (Å²) in [5, 5.41) is 0.636. The number of thiophene rings is 1. The lowest BCUT2D eigenvalue weighted by Crippen LogP contribution is -2.41. The Labute approximate surface area is 116 Å². The van der Waals surface area contributed by atoms with Crippen molar-refractivity contribution in [3.05, 3.63) is 30.1 Å². The van der Waals surface area contributed by atoms with Crippen molar-refractivity contribution in [3.8, 4) is 0 Å². The summed E-state index contributed by atoms with van der Waals surface area (Å²) in [6.45, 7) is 8.06. The Morgan fingerprint density at radius 3 is 2.32 bits per heavy atom. The molecule has 1 aromatic heterocycles. The number of rotatable bonds is 1. The second-order valence-electron chi connectivity index (χ2n) is 5.89. The third-order valence-electron chi connectivity index (χ3n) is 4.01. The third-order valence-corrected chi connectivity index (χ3v) is 5.13. The highest BCUT2D eigenvalue weighted by atomic mass is 32.1. The van der Waals surface area contributed by atoms with Crippen molar-refractivity contribution in [2.45, 2.75) is 38.9 Å². The van der Waals surface area contributed by atoms with Crippen LogP contribution in [0.3, 0.4) is 0 Å². The predicted molar refractivity (Wildman–Crippen MR) is 77.5 cm³/mol. The third kappa shape index (κ3) is 2.00. The minimum absolute atomic E-state index is 0.198. The van der Waals surface area contributed by atoms with E-state index < -0.39 is 7.12 Å². The lowest BCUT2D eigenvalue weighted by molar-refractivity contribution is 0.00578. The predicted octanol–water partition coefficient (Wildman–Crippen LogP) is 3.34. The molecule has 2 nitrogen and oxygen atoms in total. The lowest BCUT2D eigenvalue weighted by Gasteiger charge is -2.32.